The number of hydrogen-bond donors (Lipinski definition) is 2. The molecule has 0 spiro atoms. The van der Waals surface area contributed by atoms with Gasteiger partial charge in [0.2, 0.25) is 0 Å². The lowest BCUT2D eigenvalue weighted by Gasteiger charge is -2.09. The van der Waals surface area contributed by atoms with Crippen LogP contribution in [0.5, 0.6) is 0 Å². The summed E-state index contributed by atoms with van der Waals surface area (Å²) in [6.07, 6.45) is 0. The van der Waals surface area contributed by atoms with Gasteiger partial charge in [-0.3, -0.25) is 4.79 Å². The van der Waals surface area contributed by atoms with Gasteiger partial charge in [-0.05, 0) is 32.4 Å². The molecule has 82 valence electrons. The van der Waals surface area contributed by atoms with Gasteiger partial charge in [-0.2, -0.15) is 0 Å². The molecule has 4 nitrogen and oxygen atoms in total. The molecular weight excluding hydrogens is 190 g/mol. The third kappa shape index (κ3) is 3.02. The van der Waals surface area contributed by atoms with Gasteiger partial charge in [-0.15, -0.1) is 0 Å². The molecule has 1 amide bonds. The zero-order valence-corrected chi connectivity index (χ0v) is 9.37. The van der Waals surface area contributed by atoms with E-state index in [1.54, 1.807) is 6.07 Å². The third-order valence-electron chi connectivity index (χ3n) is 2.07. The van der Waals surface area contributed by atoms with Crippen molar-refractivity contribution < 1.29 is 4.79 Å². The molecule has 3 N–H and O–H groups in total. The van der Waals surface area contributed by atoms with Crippen LogP contribution >= 0.6 is 0 Å². The number of nitrogens with zero attached hydrogens (tertiary/aromatic N) is 1. The molecule has 0 aromatic carbocycles. The Bertz CT molecular complexity index is 361. The minimum absolute atomic E-state index is 0.119. The van der Waals surface area contributed by atoms with Crippen LogP contribution in [-0.4, -0.2) is 16.9 Å². The van der Waals surface area contributed by atoms with Crippen LogP contribution in [0.3, 0.4) is 0 Å². The van der Waals surface area contributed by atoms with Gasteiger partial charge in [0.1, 0.15) is 5.69 Å². The molecule has 0 radical (unpaired) electrons. The van der Waals surface area contributed by atoms with Crippen LogP contribution in [-0.2, 0) is 6.54 Å². The minimum Gasteiger partial charge on any atom is -0.349 e. The largest absolute Gasteiger partial charge is 0.349 e. The van der Waals surface area contributed by atoms with Crippen LogP contribution in [0.2, 0.25) is 0 Å². The summed E-state index contributed by atoms with van der Waals surface area (Å²) in [6, 6.07) is 3.67. The molecule has 1 aromatic rings. The lowest BCUT2D eigenvalue weighted by Crippen LogP contribution is -2.31. The number of rotatable bonds is 3. The second kappa shape index (κ2) is 4.89. The van der Waals surface area contributed by atoms with Crippen molar-refractivity contribution in [3.8, 4) is 0 Å². The van der Waals surface area contributed by atoms with Gasteiger partial charge in [0.15, 0.2) is 0 Å². The van der Waals surface area contributed by atoms with Crippen molar-refractivity contribution in [2.75, 3.05) is 0 Å². The summed E-state index contributed by atoms with van der Waals surface area (Å²) in [5.41, 5.74) is 7.74. The average molecular weight is 207 g/mol. The molecule has 15 heavy (non-hydrogen) atoms. The lowest BCUT2D eigenvalue weighted by atomic mass is 10.2. The predicted octanol–water partition coefficient (Wildman–Crippen LogP) is 0.987. The maximum Gasteiger partial charge on any atom is 0.270 e. The summed E-state index contributed by atoms with van der Waals surface area (Å²) in [7, 11) is 0. The first-order valence-corrected chi connectivity index (χ1v) is 5.02. The van der Waals surface area contributed by atoms with Gasteiger partial charge < -0.3 is 11.1 Å². The maximum absolute atomic E-state index is 11.6. The first-order chi connectivity index (χ1) is 7.04. The molecule has 0 bridgehead atoms. The number of aryl methyl sites for hydroxylation is 1. The van der Waals surface area contributed by atoms with Gasteiger partial charge in [0.05, 0.1) is 0 Å². The quantitative estimate of drug-likeness (QED) is 0.776. The van der Waals surface area contributed by atoms with E-state index in [-0.39, 0.29) is 11.9 Å². The number of carbonyl (C=O) groups excluding carboxylic acids is 1. The van der Waals surface area contributed by atoms with Crippen molar-refractivity contribution in [2.24, 2.45) is 5.73 Å². The summed E-state index contributed by atoms with van der Waals surface area (Å²) < 4.78 is 0. The highest BCUT2D eigenvalue weighted by atomic mass is 16.1. The SMILES string of the molecule is Cc1nc(C(=O)NC(C)C)ccc1CN. The van der Waals surface area contributed by atoms with E-state index in [9.17, 15) is 4.79 Å². The monoisotopic (exact) mass is 207 g/mol. The van der Waals surface area contributed by atoms with Crippen molar-refractivity contribution >= 4 is 5.91 Å². The fourth-order valence-electron chi connectivity index (χ4n) is 1.27. The molecule has 1 aromatic heterocycles. The number of carbonyl (C=O) groups is 1. The number of nitrogens with one attached hydrogen (secondary N) is 1. The first-order valence-electron chi connectivity index (χ1n) is 5.02. The molecule has 4 heteroatoms. The smallest absolute Gasteiger partial charge is 0.270 e. The highest BCUT2D eigenvalue weighted by Crippen LogP contribution is 2.06. The molecule has 0 aliphatic rings. The fourth-order valence-corrected chi connectivity index (χ4v) is 1.27. The van der Waals surface area contributed by atoms with Crippen LogP contribution in [0, 0.1) is 6.92 Å². The fraction of sp³-hybridized carbons (Fsp3) is 0.455. The Morgan fingerprint density at radius 1 is 1.53 bits per heavy atom. The Labute approximate surface area is 89.9 Å². The first kappa shape index (κ1) is 11.7. The molecule has 1 heterocycles. The van der Waals surface area contributed by atoms with E-state index in [0.29, 0.717) is 12.2 Å². The second-order valence-electron chi connectivity index (χ2n) is 3.77. The molecule has 1 rings (SSSR count). The van der Waals surface area contributed by atoms with Gasteiger partial charge in [0.25, 0.3) is 5.91 Å². The van der Waals surface area contributed by atoms with Crippen molar-refractivity contribution in [3.05, 3.63) is 29.1 Å². The van der Waals surface area contributed by atoms with Crippen LogP contribution in [0.15, 0.2) is 12.1 Å². The second-order valence-corrected chi connectivity index (χ2v) is 3.77. The summed E-state index contributed by atoms with van der Waals surface area (Å²) in [5, 5.41) is 2.79. The van der Waals surface area contributed by atoms with E-state index in [4.69, 9.17) is 5.73 Å². The predicted molar refractivity (Wildman–Crippen MR) is 59.5 cm³/mol. The van der Waals surface area contributed by atoms with Crippen molar-refractivity contribution in [3.63, 3.8) is 0 Å². The molecule has 0 fully saturated rings. The number of pyridine rings is 1. The summed E-state index contributed by atoms with van der Waals surface area (Å²) >= 11 is 0. The van der Waals surface area contributed by atoms with Crippen LogP contribution in [0.1, 0.15) is 35.6 Å². The molecule has 0 atom stereocenters. The van der Waals surface area contributed by atoms with Gasteiger partial charge in [-0.25, -0.2) is 4.98 Å². The van der Waals surface area contributed by atoms with Crippen LogP contribution in [0.25, 0.3) is 0 Å². The number of hydrogen-bond acceptors (Lipinski definition) is 3. The molecule has 0 unspecified atom stereocenters. The summed E-state index contributed by atoms with van der Waals surface area (Å²) in [6.45, 7) is 6.14. The number of aromatic nitrogens is 1. The van der Waals surface area contributed by atoms with Crippen LogP contribution < -0.4 is 11.1 Å². The average Bonchev–Trinajstić information content (AvgIpc) is 2.16. The van der Waals surface area contributed by atoms with E-state index in [0.717, 1.165) is 11.3 Å². The van der Waals surface area contributed by atoms with E-state index in [1.165, 1.54) is 0 Å². The number of amides is 1. The minimum atomic E-state index is -0.142. The highest BCUT2D eigenvalue weighted by molar-refractivity contribution is 5.92. The normalized spacial score (nSPS) is 10.5. The van der Waals surface area contributed by atoms with E-state index in [2.05, 4.69) is 10.3 Å². The zero-order chi connectivity index (χ0) is 11.4. The van der Waals surface area contributed by atoms with Crippen molar-refractivity contribution in [2.45, 2.75) is 33.4 Å². The van der Waals surface area contributed by atoms with E-state index >= 15 is 0 Å². The molecule has 0 aliphatic heterocycles. The Morgan fingerprint density at radius 3 is 2.67 bits per heavy atom. The molecule has 0 aliphatic carbocycles. The molecule has 0 saturated heterocycles. The topological polar surface area (TPSA) is 68.0 Å². The van der Waals surface area contributed by atoms with Crippen LogP contribution in [0.4, 0.5) is 0 Å². The maximum atomic E-state index is 11.6. The third-order valence-corrected chi connectivity index (χ3v) is 2.07. The van der Waals surface area contributed by atoms with Gasteiger partial charge in [0, 0.05) is 18.3 Å². The standard InChI is InChI=1S/C11H17N3O/c1-7(2)13-11(15)10-5-4-9(6-12)8(3)14-10/h4-5,7H,6,12H2,1-3H3,(H,13,15). The zero-order valence-electron chi connectivity index (χ0n) is 9.37. The van der Waals surface area contributed by atoms with Gasteiger partial charge in [-0.1, -0.05) is 6.07 Å². The molecular formula is C11H17N3O. The Kier molecular flexibility index (Phi) is 3.80. The lowest BCUT2D eigenvalue weighted by molar-refractivity contribution is 0.0938. The van der Waals surface area contributed by atoms with Gasteiger partial charge >= 0.3 is 0 Å². The van der Waals surface area contributed by atoms with Crippen molar-refractivity contribution in [1.29, 1.82) is 0 Å². The Morgan fingerprint density at radius 2 is 2.20 bits per heavy atom. The molecule has 0 saturated carbocycles. The van der Waals surface area contributed by atoms with E-state index in [1.807, 2.05) is 26.8 Å². The highest BCUT2D eigenvalue weighted by Gasteiger charge is 2.09. The summed E-state index contributed by atoms with van der Waals surface area (Å²) in [4.78, 5) is 15.8. The van der Waals surface area contributed by atoms with E-state index < -0.39 is 0 Å². The number of nitrogens with two attached hydrogens (primary N) is 1. The summed E-state index contributed by atoms with van der Waals surface area (Å²) in [5.74, 6) is -0.142. The van der Waals surface area contributed by atoms with Crippen molar-refractivity contribution in [1.82, 2.24) is 10.3 Å². The Hall–Kier alpha value is -1.42. The Balaban J connectivity index is 2.87.